The van der Waals surface area contributed by atoms with Crippen molar-refractivity contribution in [3.63, 3.8) is 0 Å². The number of imidazole rings is 1. The van der Waals surface area contributed by atoms with Crippen molar-refractivity contribution in [1.29, 1.82) is 0 Å². The molecule has 3 aromatic heterocycles. The second kappa shape index (κ2) is 8.48. The molecular formula is C26H24N4O. The number of rotatable bonds is 7. The number of anilines is 1. The number of nitrogens with one attached hydrogen (secondary N) is 1. The summed E-state index contributed by atoms with van der Waals surface area (Å²) in [5.74, 6) is 0.812. The van der Waals surface area contributed by atoms with Crippen LogP contribution in [-0.2, 0) is 6.54 Å². The van der Waals surface area contributed by atoms with Crippen molar-refractivity contribution in [2.24, 2.45) is 0 Å². The van der Waals surface area contributed by atoms with Gasteiger partial charge in [0.2, 0.25) is 0 Å². The molecule has 0 amide bonds. The maximum absolute atomic E-state index is 5.71. The van der Waals surface area contributed by atoms with Crippen LogP contribution in [0.15, 0.2) is 90.2 Å². The van der Waals surface area contributed by atoms with Crippen molar-refractivity contribution in [3.05, 3.63) is 91.3 Å². The molecule has 5 nitrogen and oxygen atoms in total. The minimum absolute atomic E-state index is 0.812. The first-order valence-electron chi connectivity index (χ1n) is 10.5. The number of hydrogen-bond donors (Lipinski definition) is 1. The standard InChI is InChI=1S/C26H24N4O/c1-19-5-7-20(8-6-19)21-9-10-24-22(16-21)26(23(17-29-24)25-4-2-15-31-25)28-11-3-13-30-14-12-27-18-30/h2,4-10,12,14-18H,3,11,13H2,1H3,(H,28,29). The largest absolute Gasteiger partial charge is 0.464 e. The molecule has 0 unspecified atom stereocenters. The van der Waals surface area contributed by atoms with Crippen LogP contribution in [0.25, 0.3) is 33.4 Å². The lowest BCUT2D eigenvalue weighted by atomic mass is 10.00. The fraction of sp³-hybridized carbons (Fsp3) is 0.154. The Hall–Kier alpha value is -3.86. The fourth-order valence-electron chi connectivity index (χ4n) is 3.82. The second-order valence-corrected chi connectivity index (χ2v) is 7.70. The van der Waals surface area contributed by atoms with Crippen molar-refractivity contribution in [1.82, 2.24) is 14.5 Å². The lowest BCUT2D eigenvalue weighted by Gasteiger charge is -2.15. The van der Waals surface area contributed by atoms with Crippen molar-refractivity contribution in [2.75, 3.05) is 11.9 Å². The first-order valence-corrected chi connectivity index (χ1v) is 10.5. The van der Waals surface area contributed by atoms with Gasteiger partial charge in [0.1, 0.15) is 5.76 Å². The number of nitrogens with zero attached hydrogens (tertiary/aromatic N) is 3. The quantitative estimate of drug-likeness (QED) is 0.327. The second-order valence-electron chi connectivity index (χ2n) is 7.70. The summed E-state index contributed by atoms with van der Waals surface area (Å²) >= 11 is 0. The monoisotopic (exact) mass is 408 g/mol. The van der Waals surface area contributed by atoms with Crippen LogP contribution in [0.3, 0.4) is 0 Å². The minimum atomic E-state index is 0.812. The van der Waals surface area contributed by atoms with Gasteiger partial charge in [-0.2, -0.15) is 0 Å². The summed E-state index contributed by atoms with van der Waals surface area (Å²) in [6, 6.07) is 18.9. The van der Waals surface area contributed by atoms with Crippen LogP contribution in [0.1, 0.15) is 12.0 Å². The Morgan fingerprint density at radius 3 is 2.68 bits per heavy atom. The van der Waals surface area contributed by atoms with Crippen LogP contribution in [0.4, 0.5) is 5.69 Å². The van der Waals surface area contributed by atoms with Crippen LogP contribution in [-0.4, -0.2) is 21.1 Å². The number of aromatic nitrogens is 3. The van der Waals surface area contributed by atoms with Crippen molar-refractivity contribution >= 4 is 16.6 Å². The summed E-state index contributed by atoms with van der Waals surface area (Å²) in [6.45, 7) is 3.86. The van der Waals surface area contributed by atoms with Gasteiger partial charge in [-0.25, -0.2) is 4.98 Å². The van der Waals surface area contributed by atoms with E-state index in [1.165, 1.54) is 16.7 Å². The van der Waals surface area contributed by atoms with E-state index in [4.69, 9.17) is 9.40 Å². The molecule has 2 aromatic carbocycles. The Balaban J connectivity index is 1.52. The molecule has 31 heavy (non-hydrogen) atoms. The van der Waals surface area contributed by atoms with E-state index in [2.05, 4.69) is 64.3 Å². The van der Waals surface area contributed by atoms with E-state index in [1.807, 2.05) is 37.1 Å². The maximum Gasteiger partial charge on any atom is 0.137 e. The molecule has 0 bridgehead atoms. The number of fused-ring (bicyclic) bond motifs is 1. The van der Waals surface area contributed by atoms with Gasteiger partial charge in [-0.1, -0.05) is 35.9 Å². The van der Waals surface area contributed by atoms with Gasteiger partial charge in [-0.05, 0) is 48.7 Å². The van der Waals surface area contributed by atoms with Crippen LogP contribution >= 0.6 is 0 Å². The molecule has 3 heterocycles. The molecule has 0 saturated heterocycles. The molecule has 5 heteroatoms. The number of furan rings is 1. The summed E-state index contributed by atoms with van der Waals surface area (Å²) in [5.41, 5.74) is 6.62. The van der Waals surface area contributed by atoms with E-state index in [-0.39, 0.29) is 0 Å². The molecule has 5 rings (SSSR count). The van der Waals surface area contributed by atoms with Gasteiger partial charge in [0, 0.05) is 37.1 Å². The molecule has 0 radical (unpaired) electrons. The van der Waals surface area contributed by atoms with E-state index in [9.17, 15) is 0 Å². The van der Waals surface area contributed by atoms with Gasteiger partial charge < -0.3 is 14.3 Å². The van der Waals surface area contributed by atoms with Gasteiger partial charge in [0.25, 0.3) is 0 Å². The average Bonchev–Trinajstić information content (AvgIpc) is 3.51. The Morgan fingerprint density at radius 1 is 1.03 bits per heavy atom. The Morgan fingerprint density at radius 2 is 1.90 bits per heavy atom. The van der Waals surface area contributed by atoms with Crippen LogP contribution in [0.5, 0.6) is 0 Å². The SMILES string of the molecule is Cc1ccc(-c2ccc3ncc(-c4ccco4)c(NCCCn4ccnc4)c3c2)cc1. The van der Waals surface area contributed by atoms with Crippen molar-refractivity contribution in [3.8, 4) is 22.5 Å². The number of aryl methyl sites for hydroxylation is 2. The fourth-order valence-corrected chi connectivity index (χ4v) is 3.82. The smallest absolute Gasteiger partial charge is 0.137 e. The highest BCUT2D eigenvalue weighted by Crippen LogP contribution is 2.36. The van der Waals surface area contributed by atoms with E-state index < -0.39 is 0 Å². The first kappa shape index (κ1) is 19.1. The third-order valence-electron chi connectivity index (χ3n) is 5.49. The molecule has 5 aromatic rings. The minimum Gasteiger partial charge on any atom is -0.464 e. The number of pyridine rings is 1. The molecule has 0 aliphatic rings. The maximum atomic E-state index is 5.71. The van der Waals surface area contributed by atoms with Gasteiger partial charge in [0.05, 0.1) is 29.4 Å². The lowest BCUT2D eigenvalue weighted by Crippen LogP contribution is -2.07. The molecule has 0 aliphatic carbocycles. The number of benzene rings is 2. The Kier molecular flexibility index (Phi) is 5.23. The van der Waals surface area contributed by atoms with E-state index in [0.717, 1.165) is 47.4 Å². The topological polar surface area (TPSA) is 55.9 Å². The summed E-state index contributed by atoms with van der Waals surface area (Å²) in [6.07, 6.45) is 10.2. The Bertz CT molecular complexity index is 1270. The molecule has 0 spiro atoms. The predicted molar refractivity (Wildman–Crippen MR) is 125 cm³/mol. The average molecular weight is 409 g/mol. The summed E-state index contributed by atoms with van der Waals surface area (Å²) in [5, 5.41) is 4.75. The van der Waals surface area contributed by atoms with Crippen molar-refractivity contribution in [2.45, 2.75) is 19.9 Å². The van der Waals surface area contributed by atoms with E-state index in [0.29, 0.717) is 0 Å². The summed E-state index contributed by atoms with van der Waals surface area (Å²) in [4.78, 5) is 8.82. The zero-order valence-corrected chi connectivity index (χ0v) is 17.5. The van der Waals surface area contributed by atoms with Gasteiger partial charge in [-0.3, -0.25) is 4.98 Å². The van der Waals surface area contributed by atoms with Crippen LogP contribution in [0, 0.1) is 6.92 Å². The van der Waals surface area contributed by atoms with E-state index in [1.54, 1.807) is 6.26 Å². The highest BCUT2D eigenvalue weighted by molar-refractivity contribution is 6.00. The third kappa shape index (κ3) is 4.08. The zero-order valence-electron chi connectivity index (χ0n) is 17.5. The molecular weight excluding hydrogens is 384 g/mol. The van der Waals surface area contributed by atoms with Gasteiger partial charge in [-0.15, -0.1) is 0 Å². The molecule has 0 atom stereocenters. The van der Waals surface area contributed by atoms with Crippen molar-refractivity contribution < 1.29 is 4.42 Å². The molecule has 0 fully saturated rings. The number of hydrogen-bond acceptors (Lipinski definition) is 4. The summed E-state index contributed by atoms with van der Waals surface area (Å²) in [7, 11) is 0. The molecule has 1 N–H and O–H groups in total. The predicted octanol–water partition coefficient (Wildman–Crippen LogP) is 6.17. The zero-order chi connectivity index (χ0) is 21.0. The van der Waals surface area contributed by atoms with Crippen LogP contribution < -0.4 is 5.32 Å². The van der Waals surface area contributed by atoms with Gasteiger partial charge in [0.15, 0.2) is 0 Å². The van der Waals surface area contributed by atoms with Crippen LogP contribution in [0.2, 0.25) is 0 Å². The highest BCUT2D eigenvalue weighted by atomic mass is 16.3. The molecule has 154 valence electrons. The lowest BCUT2D eigenvalue weighted by molar-refractivity contribution is 0.582. The van der Waals surface area contributed by atoms with E-state index >= 15 is 0 Å². The molecule has 0 saturated carbocycles. The highest BCUT2D eigenvalue weighted by Gasteiger charge is 2.14. The van der Waals surface area contributed by atoms with Gasteiger partial charge >= 0.3 is 0 Å². The molecule has 0 aliphatic heterocycles. The normalized spacial score (nSPS) is 11.1. The summed E-state index contributed by atoms with van der Waals surface area (Å²) < 4.78 is 7.80. The third-order valence-corrected chi connectivity index (χ3v) is 5.49. The Labute approximate surface area is 181 Å². The first-order chi connectivity index (χ1) is 15.3.